The largest absolute Gasteiger partial charge is 0.478 e. The Morgan fingerprint density at radius 1 is 1.16 bits per heavy atom. The first-order valence-corrected chi connectivity index (χ1v) is 7.44. The molecule has 0 fully saturated rings. The molecule has 7 nitrogen and oxygen atoms in total. The number of hydrogen-bond acceptors (Lipinski definition) is 3. The molecule has 0 atom stereocenters. The molecule has 0 saturated carbocycles. The van der Waals surface area contributed by atoms with Crippen molar-refractivity contribution in [1.29, 1.82) is 0 Å². The van der Waals surface area contributed by atoms with E-state index in [2.05, 4.69) is 10.3 Å². The second kappa shape index (κ2) is 7.98. The Bertz CT molecular complexity index is 874. The fourth-order valence-electron chi connectivity index (χ4n) is 1.96. The van der Waals surface area contributed by atoms with Gasteiger partial charge in [0.15, 0.2) is 5.96 Å². The zero-order valence-corrected chi connectivity index (χ0v) is 13.7. The summed E-state index contributed by atoms with van der Waals surface area (Å²) < 4.78 is 0. The third-order valence-electron chi connectivity index (χ3n) is 3.03. The maximum atomic E-state index is 12.3. The van der Waals surface area contributed by atoms with Gasteiger partial charge >= 0.3 is 5.97 Å². The lowest BCUT2D eigenvalue weighted by Gasteiger charge is -2.08. The van der Waals surface area contributed by atoms with Gasteiger partial charge in [-0.2, -0.15) is 0 Å². The normalized spacial score (nSPS) is 10.4. The fourth-order valence-corrected chi connectivity index (χ4v) is 2.20. The Balaban J connectivity index is 2.18. The van der Waals surface area contributed by atoms with Crippen LogP contribution in [-0.2, 0) is 4.79 Å². The van der Waals surface area contributed by atoms with E-state index in [0.717, 1.165) is 6.08 Å². The van der Waals surface area contributed by atoms with Gasteiger partial charge in [-0.25, -0.2) is 9.79 Å². The Morgan fingerprint density at radius 2 is 1.92 bits per heavy atom. The maximum Gasteiger partial charge on any atom is 0.328 e. The average Bonchev–Trinajstić information content (AvgIpc) is 2.54. The summed E-state index contributed by atoms with van der Waals surface area (Å²) in [5.41, 5.74) is 12.4. The van der Waals surface area contributed by atoms with Gasteiger partial charge in [0.1, 0.15) is 0 Å². The van der Waals surface area contributed by atoms with Gasteiger partial charge in [-0.1, -0.05) is 23.7 Å². The van der Waals surface area contributed by atoms with Gasteiger partial charge in [-0.3, -0.25) is 4.79 Å². The summed E-state index contributed by atoms with van der Waals surface area (Å²) in [4.78, 5) is 26.7. The molecule has 128 valence electrons. The number of rotatable bonds is 5. The van der Waals surface area contributed by atoms with Crippen LogP contribution in [0.25, 0.3) is 6.08 Å². The molecule has 0 aromatic heterocycles. The van der Waals surface area contributed by atoms with Crippen molar-refractivity contribution in [2.45, 2.75) is 0 Å². The number of halogens is 1. The Hall–Kier alpha value is -3.32. The molecule has 0 aliphatic rings. The topological polar surface area (TPSA) is 131 Å². The number of hydrogen-bond donors (Lipinski definition) is 4. The average molecular weight is 359 g/mol. The van der Waals surface area contributed by atoms with Crippen molar-refractivity contribution in [3.05, 3.63) is 64.7 Å². The Morgan fingerprint density at radius 3 is 2.56 bits per heavy atom. The van der Waals surface area contributed by atoms with Crippen LogP contribution in [0.2, 0.25) is 5.02 Å². The van der Waals surface area contributed by atoms with Crippen molar-refractivity contribution in [2.24, 2.45) is 16.5 Å². The number of carboxylic acid groups (broad SMARTS) is 1. The summed E-state index contributed by atoms with van der Waals surface area (Å²) in [5, 5.41) is 11.6. The van der Waals surface area contributed by atoms with Gasteiger partial charge in [-0.15, -0.1) is 0 Å². The van der Waals surface area contributed by atoms with Gasteiger partial charge in [-0.05, 0) is 42.0 Å². The number of nitrogens with zero attached hydrogens (tertiary/aromatic N) is 1. The maximum absolute atomic E-state index is 12.3. The van der Waals surface area contributed by atoms with Crippen molar-refractivity contribution in [3.8, 4) is 0 Å². The van der Waals surface area contributed by atoms with Crippen LogP contribution in [-0.4, -0.2) is 22.9 Å². The lowest BCUT2D eigenvalue weighted by Crippen LogP contribution is -2.21. The number of aliphatic imine (C=N–C) groups is 1. The van der Waals surface area contributed by atoms with Crippen LogP contribution >= 0.6 is 11.6 Å². The molecule has 0 aliphatic heterocycles. The van der Waals surface area contributed by atoms with Crippen molar-refractivity contribution in [2.75, 3.05) is 5.32 Å². The van der Waals surface area contributed by atoms with Crippen molar-refractivity contribution < 1.29 is 14.7 Å². The molecule has 25 heavy (non-hydrogen) atoms. The minimum atomic E-state index is -1.06. The minimum Gasteiger partial charge on any atom is -0.478 e. The molecule has 2 aromatic carbocycles. The zero-order valence-electron chi connectivity index (χ0n) is 12.9. The zero-order chi connectivity index (χ0) is 18.4. The Labute approximate surface area is 148 Å². The monoisotopic (exact) mass is 358 g/mol. The van der Waals surface area contributed by atoms with E-state index in [1.54, 1.807) is 36.4 Å². The van der Waals surface area contributed by atoms with E-state index < -0.39 is 5.97 Å². The van der Waals surface area contributed by atoms with Crippen molar-refractivity contribution in [1.82, 2.24) is 0 Å². The number of aliphatic carboxylic acids is 1. The molecule has 2 aromatic rings. The van der Waals surface area contributed by atoms with Crippen LogP contribution in [0, 0.1) is 0 Å². The van der Waals surface area contributed by atoms with Crippen LogP contribution in [0.1, 0.15) is 15.9 Å². The molecular weight excluding hydrogens is 344 g/mol. The van der Waals surface area contributed by atoms with E-state index in [1.165, 1.54) is 12.1 Å². The molecule has 0 bridgehead atoms. The summed E-state index contributed by atoms with van der Waals surface area (Å²) in [5.74, 6) is -1.55. The minimum absolute atomic E-state index is 0.106. The van der Waals surface area contributed by atoms with Gasteiger partial charge in [0, 0.05) is 11.6 Å². The van der Waals surface area contributed by atoms with Crippen molar-refractivity contribution >= 4 is 46.9 Å². The standard InChI is InChI=1S/C17H15ClN4O3/c18-13-8-10(5-7-15(23)24)4-6-14(13)22-16(25)11-2-1-3-12(9-11)21-17(19)20/h1-9H,(H,22,25)(H,23,24)(H4,19,20,21)/b7-5+. The van der Waals surface area contributed by atoms with Gasteiger partial charge in [0.25, 0.3) is 5.91 Å². The number of carbonyl (C=O) groups excluding carboxylic acids is 1. The molecule has 0 saturated heterocycles. The molecule has 6 N–H and O–H groups in total. The first-order chi connectivity index (χ1) is 11.8. The lowest BCUT2D eigenvalue weighted by molar-refractivity contribution is -0.131. The van der Waals surface area contributed by atoms with Gasteiger partial charge in [0.05, 0.1) is 16.4 Å². The first-order valence-electron chi connectivity index (χ1n) is 7.07. The molecule has 0 spiro atoms. The molecule has 0 heterocycles. The molecule has 1 amide bonds. The number of nitrogens with two attached hydrogens (primary N) is 2. The van der Waals surface area contributed by atoms with Gasteiger partial charge in [0.2, 0.25) is 0 Å². The SMILES string of the molecule is NC(N)=Nc1cccc(C(=O)Nc2ccc(/C=C/C(=O)O)cc2Cl)c1. The second-order valence-corrected chi connectivity index (χ2v) is 5.36. The van der Waals surface area contributed by atoms with Crippen LogP contribution in [0.4, 0.5) is 11.4 Å². The quantitative estimate of drug-likeness (QED) is 0.370. The van der Waals surface area contributed by atoms with Crippen LogP contribution in [0.5, 0.6) is 0 Å². The molecule has 0 radical (unpaired) electrons. The molecular formula is C17H15ClN4O3. The highest BCUT2D eigenvalue weighted by Crippen LogP contribution is 2.25. The second-order valence-electron chi connectivity index (χ2n) is 4.95. The molecule has 2 rings (SSSR count). The number of amides is 1. The number of carboxylic acids is 1. The van der Waals surface area contributed by atoms with E-state index in [1.807, 2.05) is 0 Å². The summed E-state index contributed by atoms with van der Waals surface area (Å²) >= 11 is 6.13. The summed E-state index contributed by atoms with van der Waals surface area (Å²) in [7, 11) is 0. The predicted molar refractivity (Wildman–Crippen MR) is 98.0 cm³/mol. The van der Waals surface area contributed by atoms with E-state index in [0.29, 0.717) is 22.5 Å². The predicted octanol–water partition coefficient (Wildman–Crippen LogP) is 2.59. The Kier molecular flexibility index (Phi) is 5.75. The first kappa shape index (κ1) is 18.0. The van der Waals surface area contributed by atoms with E-state index in [9.17, 15) is 9.59 Å². The van der Waals surface area contributed by atoms with Crippen molar-refractivity contribution in [3.63, 3.8) is 0 Å². The third-order valence-corrected chi connectivity index (χ3v) is 3.34. The number of carbonyl (C=O) groups is 2. The highest BCUT2D eigenvalue weighted by molar-refractivity contribution is 6.34. The van der Waals surface area contributed by atoms with Crippen LogP contribution < -0.4 is 16.8 Å². The number of nitrogens with one attached hydrogen (secondary N) is 1. The highest BCUT2D eigenvalue weighted by atomic mass is 35.5. The van der Waals surface area contributed by atoms with Crippen LogP contribution in [0.15, 0.2) is 53.5 Å². The number of anilines is 1. The molecule has 8 heteroatoms. The lowest BCUT2D eigenvalue weighted by atomic mass is 10.1. The fraction of sp³-hybridized carbons (Fsp3) is 0. The van der Waals surface area contributed by atoms with Crippen LogP contribution in [0.3, 0.4) is 0 Å². The smallest absolute Gasteiger partial charge is 0.328 e. The number of benzene rings is 2. The summed E-state index contributed by atoms with van der Waals surface area (Å²) in [6.45, 7) is 0. The number of guanidine groups is 1. The van der Waals surface area contributed by atoms with E-state index in [-0.39, 0.29) is 16.9 Å². The summed E-state index contributed by atoms with van der Waals surface area (Å²) in [6, 6.07) is 11.2. The molecule has 0 unspecified atom stereocenters. The van der Waals surface area contributed by atoms with E-state index in [4.69, 9.17) is 28.2 Å². The van der Waals surface area contributed by atoms with Gasteiger partial charge < -0.3 is 21.9 Å². The summed E-state index contributed by atoms with van der Waals surface area (Å²) in [6.07, 6.45) is 2.40. The van der Waals surface area contributed by atoms with E-state index >= 15 is 0 Å². The third kappa shape index (κ3) is 5.36. The highest BCUT2D eigenvalue weighted by Gasteiger charge is 2.09. The molecule has 0 aliphatic carbocycles.